The minimum atomic E-state index is -0.101. The molecule has 2 aromatic carbocycles. The molecule has 0 radical (unpaired) electrons. The number of halogens is 1. The number of aromatic nitrogens is 2. The Bertz CT molecular complexity index is 1070. The van der Waals surface area contributed by atoms with Crippen LogP contribution in [-0.4, -0.2) is 15.5 Å². The number of nitrogens with one attached hydrogen (secondary N) is 1. The van der Waals surface area contributed by atoms with Crippen molar-refractivity contribution in [2.75, 3.05) is 5.32 Å². The number of imidazole rings is 1. The van der Waals surface area contributed by atoms with E-state index in [9.17, 15) is 4.79 Å². The van der Waals surface area contributed by atoms with Gasteiger partial charge in [-0.25, -0.2) is 4.98 Å². The van der Waals surface area contributed by atoms with Gasteiger partial charge in [-0.05, 0) is 71.1 Å². The first-order valence-electron chi connectivity index (χ1n) is 7.70. The number of hydrogen-bond acceptors (Lipinski definition) is 3. The number of benzene rings is 2. The van der Waals surface area contributed by atoms with E-state index < -0.39 is 0 Å². The molecule has 0 unspecified atom stereocenters. The van der Waals surface area contributed by atoms with Crippen LogP contribution in [0.25, 0.3) is 21.7 Å². The van der Waals surface area contributed by atoms with Gasteiger partial charge >= 0.3 is 0 Å². The van der Waals surface area contributed by atoms with Gasteiger partial charge in [0.1, 0.15) is 0 Å². The smallest absolute Gasteiger partial charge is 0.265 e. The van der Waals surface area contributed by atoms with E-state index in [0.717, 1.165) is 31.0 Å². The molecule has 4 aromatic rings. The fourth-order valence-corrected chi connectivity index (χ4v) is 3.96. The number of para-hydroxylation sites is 2. The summed E-state index contributed by atoms with van der Waals surface area (Å²) in [5, 5.41) is 2.93. The zero-order chi connectivity index (χ0) is 17.4. The number of carbonyl (C=O) groups is 1. The van der Waals surface area contributed by atoms with Crippen LogP contribution in [-0.2, 0) is 7.05 Å². The molecule has 0 spiro atoms. The van der Waals surface area contributed by atoms with E-state index in [-0.39, 0.29) is 5.91 Å². The zero-order valence-corrected chi connectivity index (χ0v) is 16.3. The van der Waals surface area contributed by atoms with Crippen LogP contribution in [0.3, 0.4) is 0 Å². The van der Waals surface area contributed by atoms with Crippen molar-refractivity contribution in [1.82, 2.24) is 9.55 Å². The van der Waals surface area contributed by atoms with Crippen LogP contribution in [0.5, 0.6) is 0 Å². The topological polar surface area (TPSA) is 46.9 Å². The van der Waals surface area contributed by atoms with Gasteiger partial charge in [0.15, 0.2) is 5.82 Å². The fourth-order valence-electron chi connectivity index (χ4n) is 2.67. The normalized spacial score (nSPS) is 11.0. The Hall–Kier alpha value is -2.19. The molecule has 4 nitrogen and oxygen atoms in total. The Morgan fingerprint density at radius 3 is 2.60 bits per heavy atom. The number of anilines is 1. The second kappa shape index (κ2) is 6.61. The van der Waals surface area contributed by atoms with Crippen molar-refractivity contribution in [3.05, 3.63) is 69.1 Å². The molecule has 0 aliphatic heterocycles. The van der Waals surface area contributed by atoms with E-state index in [0.29, 0.717) is 4.88 Å². The van der Waals surface area contributed by atoms with E-state index in [1.54, 1.807) is 0 Å². The van der Waals surface area contributed by atoms with Crippen molar-refractivity contribution in [3.8, 4) is 10.7 Å². The van der Waals surface area contributed by atoms with Crippen LogP contribution in [0, 0.1) is 3.57 Å². The number of aryl methyl sites for hydroxylation is 1. The van der Waals surface area contributed by atoms with E-state index in [1.165, 1.54) is 11.3 Å². The molecule has 0 aliphatic rings. The Morgan fingerprint density at radius 1 is 1.08 bits per heavy atom. The molecule has 4 rings (SSSR count). The first-order chi connectivity index (χ1) is 12.1. The maximum atomic E-state index is 12.5. The number of nitrogens with zero attached hydrogens (tertiary/aromatic N) is 2. The predicted octanol–water partition coefficient (Wildman–Crippen LogP) is 5.16. The predicted molar refractivity (Wildman–Crippen MR) is 111 cm³/mol. The lowest BCUT2D eigenvalue weighted by molar-refractivity contribution is 0.103. The highest BCUT2D eigenvalue weighted by atomic mass is 127. The second-order valence-corrected chi connectivity index (χ2v) is 7.94. The standard InChI is InChI=1S/C19H14IN3OS/c1-23-15-5-3-2-4-14(15)22-18(23)16-10-11-17(25-16)19(24)21-13-8-6-12(20)7-9-13/h2-11H,1H3,(H,21,24). The molecule has 25 heavy (non-hydrogen) atoms. The summed E-state index contributed by atoms with van der Waals surface area (Å²) in [4.78, 5) is 18.8. The molecular formula is C19H14IN3OS. The molecule has 0 fully saturated rings. The van der Waals surface area contributed by atoms with E-state index in [4.69, 9.17) is 0 Å². The van der Waals surface area contributed by atoms with Crippen molar-refractivity contribution in [2.45, 2.75) is 0 Å². The summed E-state index contributed by atoms with van der Waals surface area (Å²) in [6, 6.07) is 19.6. The number of carbonyl (C=O) groups excluding carboxylic acids is 1. The largest absolute Gasteiger partial charge is 0.326 e. The average Bonchev–Trinajstić information content (AvgIpc) is 3.22. The van der Waals surface area contributed by atoms with Crippen LogP contribution in [0.1, 0.15) is 9.67 Å². The monoisotopic (exact) mass is 459 g/mol. The third-order valence-corrected chi connectivity index (χ3v) is 5.74. The minimum Gasteiger partial charge on any atom is -0.326 e. The summed E-state index contributed by atoms with van der Waals surface area (Å²) in [5.74, 6) is 0.774. The number of thiophene rings is 1. The van der Waals surface area contributed by atoms with Gasteiger partial charge in [0.05, 0.1) is 20.8 Å². The van der Waals surface area contributed by atoms with Gasteiger partial charge in [0, 0.05) is 16.3 Å². The summed E-state index contributed by atoms with van der Waals surface area (Å²) in [6.07, 6.45) is 0. The summed E-state index contributed by atoms with van der Waals surface area (Å²) in [5.41, 5.74) is 2.83. The third kappa shape index (κ3) is 3.19. The lowest BCUT2D eigenvalue weighted by atomic mass is 10.3. The van der Waals surface area contributed by atoms with Crippen LogP contribution in [0.2, 0.25) is 0 Å². The first-order valence-corrected chi connectivity index (χ1v) is 9.60. The molecule has 6 heteroatoms. The summed E-state index contributed by atoms with van der Waals surface area (Å²) in [7, 11) is 2.00. The SMILES string of the molecule is Cn1c(-c2ccc(C(=O)Nc3ccc(I)cc3)s2)nc2ccccc21. The van der Waals surface area contributed by atoms with Crippen LogP contribution in [0.4, 0.5) is 5.69 Å². The molecule has 2 heterocycles. The highest BCUT2D eigenvalue weighted by Gasteiger charge is 2.15. The van der Waals surface area contributed by atoms with Crippen molar-refractivity contribution in [2.24, 2.45) is 7.05 Å². The van der Waals surface area contributed by atoms with Gasteiger partial charge in [-0.15, -0.1) is 11.3 Å². The van der Waals surface area contributed by atoms with Crippen molar-refractivity contribution in [1.29, 1.82) is 0 Å². The minimum absolute atomic E-state index is 0.101. The summed E-state index contributed by atoms with van der Waals surface area (Å²) >= 11 is 3.69. The van der Waals surface area contributed by atoms with Gasteiger partial charge in [0.2, 0.25) is 0 Å². The van der Waals surface area contributed by atoms with Crippen LogP contribution in [0.15, 0.2) is 60.7 Å². The Labute approximate surface area is 162 Å². The maximum absolute atomic E-state index is 12.5. The fraction of sp³-hybridized carbons (Fsp3) is 0.0526. The van der Waals surface area contributed by atoms with Crippen molar-refractivity contribution in [3.63, 3.8) is 0 Å². The second-order valence-electron chi connectivity index (χ2n) is 5.61. The van der Waals surface area contributed by atoms with Gasteiger partial charge in [-0.3, -0.25) is 4.79 Å². The van der Waals surface area contributed by atoms with E-state index in [2.05, 4.69) is 37.5 Å². The Kier molecular flexibility index (Phi) is 4.30. The van der Waals surface area contributed by atoms with Crippen LogP contribution < -0.4 is 5.32 Å². The number of amides is 1. The van der Waals surface area contributed by atoms with E-state index >= 15 is 0 Å². The summed E-state index contributed by atoms with van der Waals surface area (Å²) < 4.78 is 3.19. The molecule has 124 valence electrons. The Morgan fingerprint density at radius 2 is 1.84 bits per heavy atom. The molecular weight excluding hydrogens is 445 g/mol. The third-order valence-electron chi connectivity index (χ3n) is 3.94. The van der Waals surface area contributed by atoms with Gasteiger partial charge in [0.25, 0.3) is 5.91 Å². The lowest BCUT2D eigenvalue weighted by Gasteiger charge is -2.03. The molecule has 1 amide bonds. The molecule has 0 atom stereocenters. The van der Waals surface area contributed by atoms with Crippen LogP contribution >= 0.6 is 33.9 Å². The number of fused-ring (bicyclic) bond motifs is 1. The molecule has 0 saturated carbocycles. The first kappa shape index (κ1) is 16.3. The zero-order valence-electron chi connectivity index (χ0n) is 13.4. The molecule has 0 bridgehead atoms. The van der Waals surface area contributed by atoms with Gasteiger partial charge in [-0.1, -0.05) is 12.1 Å². The number of hydrogen-bond donors (Lipinski definition) is 1. The molecule has 1 N–H and O–H groups in total. The van der Waals surface area contributed by atoms with Gasteiger partial charge in [-0.2, -0.15) is 0 Å². The van der Waals surface area contributed by atoms with Crippen molar-refractivity contribution < 1.29 is 4.79 Å². The summed E-state index contributed by atoms with van der Waals surface area (Å²) in [6.45, 7) is 0. The quantitative estimate of drug-likeness (QED) is 0.431. The van der Waals surface area contributed by atoms with E-state index in [1.807, 2.05) is 67.7 Å². The van der Waals surface area contributed by atoms with Gasteiger partial charge < -0.3 is 9.88 Å². The maximum Gasteiger partial charge on any atom is 0.265 e. The molecule has 0 aliphatic carbocycles. The number of rotatable bonds is 3. The molecule has 0 saturated heterocycles. The Balaban J connectivity index is 1.61. The highest BCUT2D eigenvalue weighted by molar-refractivity contribution is 14.1. The average molecular weight is 459 g/mol. The molecule has 2 aromatic heterocycles. The lowest BCUT2D eigenvalue weighted by Crippen LogP contribution is -2.09. The van der Waals surface area contributed by atoms with Crippen molar-refractivity contribution >= 4 is 56.6 Å². The highest BCUT2D eigenvalue weighted by Crippen LogP contribution is 2.30.